The van der Waals surface area contributed by atoms with Gasteiger partial charge in [0.05, 0.1) is 0 Å². The Kier molecular flexibility index (Phi) is 4.71. The number of nitrogens with one attached hydrogen (secondary N) is 1. The van der Waals surface area contributed by atoms with Crippen molar-refractivity contribution < 1.29 is 9.53 Å². The van der Waals surface area contributed by atoms with Crippen LogP contribution in [0.1, 0.15) is 6.42 Å². The largest absolute Gasteiger partial charge is 0.375 e. The maximum atomic E-state index is 10.9. The lowest BCUT2D eigenvalue weighted by Crippen LogP contribution is -2.28. The number of amides is 1. The minimum atomic E-state index is -0.0760. The zero-order valence-corrected chi connectivity index (χ0v) is 8.27. The number of aryl methyl sites for hydroxylation is 1. The van der Waals surface area contributed by atoms with E-state index in [9.17, 15) is 4.79 Å². The number of rotatable bonds is 6. The van der Waals surface area contributed by atoms with Gasteiger partial charge in [0.25, 0.3) is 0 Å². The molecule has 0 fully saturated rings. The van der Waals surface area contributed by atoms with E-state index < -0.39 is 0 Å². The molecule has 0 aliphatic heterocycles. The van der Waals surface area contributed by atoms with Crippen molar-refractivity contribution in [1.29, 1.82) is 0 Å². The molecule has 0 spiro atoms. The highest BCUT2D eigenvalue weighted by atomic mass is 16.5. The van der Waals surface area contributed by atoms with E-state index in [1.54, 1.807) is 6.20 Å². The number of carbonyl (C=O) groups excluding carboxylic acids is 1. The smallest absolute Gasteiger partial charge is 0.245 e. The zero-order valence-electron chi connectivity index (χ0n) is 8.27. The van der Waals surface area contributed by atoms with Crippen LogP contribution in [0.4, 0.5) is 0 Å². The molecular weight excluding hydrogens is 182 g/mol. The van der Waals surface area contributed by atoms with Crippen molar-refractivity contribution in [2.24, 2.45) is 0 Å². The molecule has 0 aliphatic rings. The average molecular weight is 197 g/mol. The second-order valence-electron chi connectivity index (χ2n) is 2.91. The highest BCUT2D eigenvalue weighted by Crippen LogP contribution is 1.87. The Balaban J connectivity index is 2.02. The molecule has 0 bridgehead atoms. The van der Waals surface area contributed by atoms with E-state index in [0.717, 1.165) is 13.0 Å². The average Bonchev–Trinajstić information content (AvgIpc) is 2.65. The summed E-state index contributed by atoms with van der Waals surface area (Å²) in [6.45, 7) is 1.60. The van der Waals surface area contributed by atoms with Crippen LogP contribution in [0, 0.1) is 0 Å². The molecule has 78 valence electrons. The third-order valence-corrected chi connectivity index (χ3v) is 1.72. The molecule has 1 aromatic rings. The van der Waals surface area contributed by atoms with Gasteiger partial charge in [-0.1, -0.05) is 0 Å². The van der Waals surface area contributed by atoms with E-state index in [-0.39, 0.29) is 12.5 Å². The minimum Gasteiger partial charge on any atom is -0.375 e. The molecule has 0 atom stereocenters. The summed E-state index contributed by atoms with van der Waals surface area (Å²) in [4.78, 5) is 10.9. The van der Waals surface area contributed by atoms with Gasteiger partial charge in [-0.15, -0.1) is 0 Å². The van der Waals surface area contributed by atoms with Crippen molar-refractivity contribution >= 4 is 5.91 Å². The van der Waals surface area contributed by atoms with Crippen molar-refractivity contribution in [2.75, 3.05) is 20.3 Å². The Morgan fingerprint density at radius 3 is 3.14 bits per heavy atom. The van der Waals surface area contributed by atoms with Crippen molar-refractivity contribution in [3.8, 4) is 0 Å². The summed E-state index contributed by atoms with van der Waals surface area (Å²) in [5.41, 5.74) is 0. The fourth-order valence-electron chi connectivity index (χ4n) is 1.08. The van der Waals surface area contributed by atoms with E-state index >= 15 is 0 Å². The van der Waals surface area contributed by atoms with Gasteiger partial charge < -0.3 is 10.1 Å². The van der Waals surface area contributed by atoms with Gasteiger partial charge in [-0.3, -0.25) is 9.48 Å². The summed E-state index contributed by atoms with van der Waals surface area (Å²) in [5.74, 6) is -0.0760. The van der Waals surface area contributed by atoms with E-state index in [0.29, 0.717) is 6.54 Å². The number of methoxy groups -OCH3 is 1. The summed E-state index contributed by atoms with van der Waals surface area (Å²) in [6, 6.07) is 1.88. The Bertz CT molecular complexity index is 259. The van der Waals surface area contributed by atoms with Crippen molar-refractivity contribution in [2.45, 2.75) is 13.0 Å². The Morgan fingerprint density at radius 1 is 1.64 bits per heavy atom. The van der Waals surface area contributed by atoms with Gasteiger partial charge in [-0.05, 0) is 12.5 Å². The molecule has 1 aromatic heterocycles. The normalized spacial score (nSPS) is 10.1. The van der Waals surface area contributed by atoms with Crippen LogP contribution in [-0.4, -0.2) is 35.9 Å². The zero-order chi connectivity index (χ0) is 10.2. The molecule has 0 aromatic carbocycles. The molecule has 1 rings (SSSR count). The van der Waals surface area contributed by atoms with Gasteiger partial charge in [0, 0.05) is 32.6 Å². The highest BCUT2D eigenvalue weighted by molar-refractivity contribution is 5.77. The topological polar surface area (TPSA) is 56.1 Å². The molecule has 5 nitrogen and oxygen atoms in total. The standard InChI is InChI=1S/C9H15N3O2/c1-14-8-9(13)10-4-2-6-12-7-3-5-11-12/h3,5,7H,2,4,6,8H2,1H3,(H,10,13). The number of ether oxygens (including phenoxy) is 1. The van der Waals surface area contributed by atoms with E-state index in [1.165, 1.54) is 7.11 Å². The molecular formula is C9H15N3O2. The second kappa shape index (κ2) is 6.15. The first-order valence-corrected chi connectivity index (χ1v) is 4.56. The first-order chi connectivity index (χ1) is 6.83. The van der Waals surface area contributed by atoms with Crippen LogP contribution in [0.25, 0.3) is 0 Å². The fraction of sp³-hybridized carbons (Fsp3) is 0.556. The van der Waals surface area contributed by atoms with Crippen LogP contribution >= 0.6 is 0 Å². The third-order valence-electron chi connectivity index (χ3n) is 1.72. The molecule has 0 unspecified atom stereocenters. The molecule has 1 amide bonds. The summed E-state index contributed by atoms with van der Waals surface area (Å²) in [6.07, 6.45) is 4.51. The lowest BCUT2D eigenvalue weighted by Gasteiger charge is -2.04. The SMILES string of the molecule is COCC(=O)NCCCn1cccn1. The maximum Gasteiger partial charge on any atom is 0.245 e. The van der Waals surface area contributed by atoms with Crippen molar-refractivity contribution in [1.82, 2.24) is 15.1 Å². The van der Waals surface area contributed by atoms with Gasteiger partial charge in [-0.2, -0.15) is 5.10 Å². The molecule has 1 N–H and O–H groups in total. The van der Waals surface area contributed by atoms with Crippen LogP contribution in [-0.2, 0) is 16.1 Å². The van der Waals surface area contributed by atoms with Gasteiger partial charge in [0.15, 0.2) is 0 Å². The van der Waals surface area contributed by atoms with Crippen molar-refractivity contribution in [3.05, 3.63) is 18.5 Å². The third kappa shape index (κ3) is 4.04. The van der Waals surface area contributed by atoms with Crippen LogP contribution in [0.15, 0.2) is 18.5 Å². The second-order valence-corrected chi connectivity index (χ2v) is 2.91. The summed E-state index contributed by atoms with van der Waals surface area (Å²) in [7, 11) is 1.50. The van der Waals surface area contributed by atoms with Crippen LogP contribution in [0.5, 0.6) is 0 Å². The van der Waals surface area contributed by atoms with Gasteiger partial charge in [0.1, 0.15) is 6.61 Å². The maximum absolute atomic E-state index is 10.9. The highest BCUT2D eigenvalue weighted by Gasteiger charge is 1.97. The van der Waals surface area contributed by atoms with Gasteiger partial charge in [0.2, 0.25) is 5.91 Å². The molecule has 14 heavy (non-hydrogen) atoms. The van der Waals surface area contributed by atoms with Gasteiger partial charge >= 0.3 is 0 Å². The Hall–Kier alpha value is -1.36. The summed E-state index contributed by atoms with van der Waals surface area (Å²) >= 11 is 0. The fourth-order valence-corrected chi connectivity index (χ4v) is 1.08. The monoisotopic (exact) mass is 197 g/mol. The molecule has 0 saturated carbocycles. The Morgan fingerprint density at radius 2 is 2.50 bits per heavy atom. The molecule has 0 radical (unpaired) electrons. The van der Waals surface area contributed by atoms with Crippen LogP contribution in [0.3, 0.4) is 0 Å². The number of aromatic nitrogens is 2. The van der Waals surface area contributed by atoms with Crippen LogP contribution in [0.2, 0.25) is 0 Å². The Labute approximate surface area is 83.1 Å². The molecule has 0 saturated heterocycles. The predicted molar refractivity (Wildman–Crippen MR) is 51.7 cm³/mol. The lowest BCUT2D eigenvalue weighted by molar-refractivity contribution is -0.124. The van der Waals surface area contributed by atoms with Crippen molar-refractivity contribution in [3.63, 3.8) is 0 Å². The first-order valence-electron chi connectivity index (χ1n) is 4.56. The van der Waals surface area contributed by atoms with E-state index in [2.05, 4.69) is 15.2 Å². The van der Waals surface area contributed by atoms with Crippen LogP contribution < -0.4 is 5.32 Å². The predicted octanol–water partition coefficient (Wildman–Crippen LogP) is 0.0358. The molecule has 1 heterocycles. The summed E-state index contributed by atoms with van der Waals surface area (Å²) in [5, 5.41) is 6.79. The number of hydrogen-bond acceptors (Lipinski definition) is 3. The van der Waals surface area contributed by atoms with E-state index in [1.807, 2.05) is 16.9 Å². The molecule has 0 aliphatic carbocycles. The number of nitrogens with zero attached hydrogens (tertiary/aromatic N) is 2. The molecule has 5 heteroatoms. The number of carbonyl (C=O) groups is 1. The summed E-state index contributed by atoms with van der Waals surface area (Å²) < 4.78 is 6.51. The van der Waals surface area contributed by atoms with Gasteiger partial charge in [-0.25, -0.2) is 0 Å². The number of hydrogen-bond donors (Lipinski definition) is 1. The lowest BCUT2D eigenvalue weighted by atomic mass is 10.4. The minimum absolute atomic E-state index is 0.0760. The first kappa shape index (κ1) is 10.7. The van der Waals surface area contributed by atoms with E-state index in [4.69, 9.17) is 0 Å². The quantitative estimate of drug-likeness (QED) is 0.655.